The van der Waals surface area contributed by atoms with Crippen LogP contribution in [0.25, 0.3) is 61.3 Å². The third-order valence-corrected chi connectivity index (χ3v) is 8.55. The number of aromatic nitrogens is 4. The third kappa shape index (κ3) is 4.61. The van der Waals surface area contributed by atoms with Gasteiger partial charge in [-0.3, -0.25) is 0 Å². The summed E-state index contributed by atoms with van der Waals surface area (Å²) < 4.78 is 2.47. The highest BCUT2D eigenvalue weighted by Crippen LogP contribution is 2.38. The second-order valence-corrected chi connectivity index (χ2v) is 11.4. The Hall–Kier alpha value is -5.61. The van der Waals surface area contributed by atoms with Gasteiger partial charge in [-0.25, -0.2) is 15.0 Å². The zero-order valence-corrected chi connectivity index (χ0v) is 24.4. The molecule has 2 aromatic heterocycles. The highest BCUT2D eigenvalue weighted by atomic mass is 15.0. The van der Waals surface area contributed by atoms with E-state index in [0.717, 1.165) is 22.3 Å². The molecule has 2 atom stereocenters. The van der Waals surface area contributed by atoms with E-state index in [4.69, 9.17) is 15.0 Å². The van der Waals surface area contributed by atoms with Gasteiger partial charge in [0.2, 0.25) is 0 Å². The maximum absolute atomic E-state index is 5.03. The molecule has 0 amide bonds. The molecule has 44 heavy (non-hydrogen) atoms. The first-order valence-corrected chi connectivity index (χ1v) is 15.1. The van der Waals surface area contributed by atoms with Crippen molar-refractivity contribution in [3.8, 4) is 33.9 Å². The Bertz CT molecular complexity index is 2120. The molecular formula is C40H30N4. The van der Waals surface area contributed by atoms with Crippen LogP contribution in [0.15, 0.2) is 152 Å². The highest BCUT2D eigenvalue weighted by Gasteiger charge is 2.24. The van der Waals surface area contributed by atoms with E-state index in [1.54, 1.807) is 0 Å². The maximum atomic E-state index is 5.03. The zero-order valence-electron chi connectivity index (χ0n) is 24.4. The second-order valence-electron chi connectivity index (χ2n) is 11.4. The Labute approximate surface area is 256 Å². The van der Waals surface area contributed by atoms with Crippen LogP contribution in [-0.2, 0) is 0 Å². The first-order valence-electron chi connectivity index (χ1n) is 15.1. The molecule has 0 N–H and O–H groups in total. The van der Waals surface area contributed by atoms with Gasteiger partial charge in [-0.2, -0.15) is 0 Å². The van der Waals surface area contributed by atoms with Crippen molar-refractivity contribution in [2.24, 2.45) is 5.92 Å². The molecule has 4 heteroatoms. The number of benzene rings is 5. The van der Waals surface area contributed by atoms with Crippen molar-refractivity contribution in [1.29, 1.82) is 0 Å². The first-order chi connectivity index (χ1) is 21.7. The van der Waals surface area contributed by atoms with Gasteiger partial charge >= 0.3 is 0 Å². The standard InChI is InChI=1S/C40H30N4/c1-27-26-32(24-25-35(27)44-36-18-10-8-16-33(36)34-17-9-11-19-37(34)44)40-42-38(30-14-6-3-7-15-30)41-39(43-40)31-22-20-29(21-23-31)28-12-4-2-5-13-28/h2-27,35H,1H3. The molecule has 0 saturated heterocycles. The Balaban J connectivity index is 1.19. The molecule has 4 nitrogen and oxygen atoms in total. The zero-order chi connectivity index (χ0) is 29.5. The monoisotopic (exact) mass is 566 g/mol. The van der Waals surface area contributed by atoms with Crippen molar-refractivity contribution in [3.63, 3.8) is 0 Å². The Morgan fingerprint density at radius 2 is 0.932 bits per heavy atom. The molecule has 2 unspecified atom stereocenters. The third-order valence-electron chi connectivity index (χ3n) is 8.55. The predicted molar refractivity (Wildman–Crippen MR) is 181 cm³/mol. The van der Waals surface area contributed by atoms with Crippen LogP contribution in [0.1, 0.15) is 18.8 Å². The molecule has 0 saturated carbocycles. The summed E-state index contributed by atoms with van der Waals surface area (Å²) in [6, 6.07) is 46.6. The molecule has 0 bridgehead atoms. The van der Waals surface area contributed by atoms with Crippen molar-refractivity contribution in [3.05, 3.63) is 158 Å². The smallest absolute Gasteiger partial charge is 0.164 e. The molecule has 2 heterocycles. The fourth-order valence-corrected chi connectivity index (χ4v) is 6.35. The van der Waals surface area contributed by atoms with Crippen LogP contribution >= 0.6 is 0 Å². The average molecular weight is 567 g/mol. The Kier molecular flexibility index (Phi) is 6.45. The summed E-state index contributed by atoms with van der Waals surface area (Å²) in [5.41, 5.74) is 7.78. The lowest BCUT2D eigenvalue weighted by atomic mass is 9.92. The summed E-state index contributed by atoms with van der Waals surface area (Å²) in [4.78, 5) is 15.0. The molecule has 7 aromatic rings. The summed E-state index contributed by atoms with van der Waals surface area (Å²) in [6.07, 6.45) is 6.79. The summed E-state index contributed by atoms with van der Waals surface area (Å²) >= 11 is 0. The lowest BCUT2D eigenvalue weighted by Crippen LogP contribution is -2.17. The number of hydrogen-bond donors (Lipinski definition) is 0. The van der Waals surface area contributed by atoms with E-state index >= 15 is 0 Å². The van der Waals surface area contributed by atoms with Crippen LogP contribution in [0.4, 0.5) is 0 Å². The number of nitrogens with zero attached hydrogens (tertiary/aromatic N) is 4. The minimum absolute atomic E-state index is 0.170. The van der Waals surface area contributed by atoms with E-state index in [-0.39, 0.29) is 12.0 Å². The SMILES string of the molecule is CC1C=C(c2nc(-c3ccccc3)nc(-c3ccc(-c4ccccc4)cc3)n2)C=CC1n1c2ccccc2c2ccccc21. The van der Waals surface area contributed by atoms with Crippen LogP contribution < -0.4 is 0 Å². The fraction of sp³-hybridized carbons (Fsp3) is 0.0750. The van der Waals surface area contributed by atoms with Gasteiger partial charge in [0.15, 0.2) is 17.5 Å². The molecule has 0 fully saturated rings. The van der Waals surface area contributed by atoms with Crippen molar-refractivity contribution in [2.75, 3.05) is 0 Å². The molecule has 0 spiro atoms. The summed E-state index contributed by atoms with van der Waals surface area (Å²) in [6.45, 7) is 2.28. The van der Waals surface area contributed by atoms with Crippen LogP contribution in [0.5, 0.6) is 0 Å². The number of hydrogen-bond acceptors (Lipinski definition) is 3. The Morgan fingerprint density at radius 1 is 0.477 bits per heavy atom. The first kappa shape index (κ1) is 26.1. The topological polar surface area (TPSA) is 43.6 Å². The fourth-order valence-electron chi connectivity index (χ4n) is 6.35. The molecule has 0 aliphatic heterocycles. The second kappa shape index (κ2) is 10.9. The molecule has 8 rings (SSSR count). The lowest BCUT2D eigenvalue weighted by Gasteiger charge is -2.26. The van der Waals surface area contributed by atoms with Crippen LogP contribution in [0.3, 0.4) is 0 Å². The van der Waals surface area contributed by atoms with Crippen LogP contribution in [0, 0.1) is 5.92 Å². The van der Waals surface area contributed by atoms with E-state index in [2.05, 4.69) is 127 Å². The quantitative estimate of drug-likeness (QED) is 0.208. The van der Waals surface area contributed by atoms with E-state index < -0.39 is 0 Å². The van der Waals surface area contributed by atoms with Gasteiger partial charge in [0.25, 0.3) is 0 Å². The van der Waals surface area contributed by atoms with Crippen molar-refractivity contribution < 1.29 is 0 Å². The van der Waals surface area contributed by atoms with Gasteiger partial charge in [-0.1, -0.05) is 146 Å². The molecular weight excluding hydrogens is 536 g/mol. The van der Waals surface area contributed by atoms with Gasteiger partial charge in [0.05, 0.1) is 6.04 Å². The summed E-state index contributed by atoms with van der Waals surface area (Å²) in [7, 11) is 0. The number of fused-ring (bicyclic) bond motifs is 3. The van der Waals surface area contributed by atoms with Crippen molar-refractivity contribution in [1.82, 2.24) is 19.5 Å². The van der Waals surface area contributed by atoms with E-state index in [0.29, 0.717) is 17.5 Å². The van der Waals surface area contributed by atoms with E-state index in [9.17, 15) is 0 Å². The highest BCUT2D eigenvalue weighted by molar-refractivity contribution is 6.08. The Morgan fingerprint density at radius 3 is 1.52 bits per heavy atom. The van der Waals surface area contributed by atoms with Gasteiger partial charge in [0, 0.05) is 38.5 Å². The van der Waals surface area contributed by atoms with Crippen molar-refractivity contribution in [2.45, 2.75) is 13.0 Å². The van der Waals surface area contributed by atoms with Gasteiger partial charge in [-0.15, -0.1) is 0 Å². The molecule has 1 aliphatic rings. The number of para-hydroxylation sites is 2. The van der Waals surface area contributed by atoms with Gasteiger partial charge in [-0.05, 0) is 29.2 Å². The minimum atomic E-state index is 0.170. The number of allylic oxidation sites excluding steroid dienone is 4. The minimum Gasteiger partial charge on any atom is -0.333 e. The largest absolute Gasteiger partial charge is 0.333 e. The number of rotatable bonds is 5. The molecule has 0 radical (unpaired) electrons. The molecule has 5 aromatic carbocycles. The summed E-state index contributed by atoms with van der Waals surface area (Å²) in [5, 5.41) is 2.57. The maximum Gasteiger partial charge on any atom is 0.164 e. The summed E-state index contributed by atoms with van der Waals surface area (Å²) in [5.74, 6) is 2.24. The molecule has 210 valence electrons. The van der Waals surface area contributed by atoms with Crippen molar-refractivity contribution >= 4 is 27.4 Å². The lowest BCUT2D eigenvalue weighted by molar-refractivity contribution is 0.511. The van der Waals surface area contributed by atoms with Crippen LogP contribution in [-0.4, -0.2) is 19.5 Å². The van der Waals surface area contributed by atoms with E-state index in [1.165, 1.54) is 27.4 Å². The van der Waals surface area contributed by atoms with Gasteiger partial charge < -0.3 is 4.57 Å². The van der Waals surface area contributed by atoms with Crippen LogP contribution in [0.2, 0.25) is 0 Å². The van der Waals surface area contributed by atoms with Gasteiger partial charge in [0.1, 0.15) is 0 Å². The average Bonchev–Trinajstić information content (AvgIpc) is 3.43. The predicted octanol–water partition coefficient (Wildman–Crippen LogP) is 9.81. The molecule has 1 aliphatic carbocycles. The normalized spacial score (nSPS) is 16.3. The van der Waals surface area contributed by atoms with E-state index in [1.807, 2.05) is 36.4 Å².